The maximum atomic E-state index is 6.10. The molecule has 0 bridgehead atoms. The first-order chi connectivity index (χ1) is 15.5. The summed E-state index contributed by atoms with van der Waals surface area (Å²) in [6.07, 6.45) is 3.80. The number of rotatable bonds is 7. The lowest BCUT2D eigenvalue weighted by Gasteiger charge is -2.32. The first-order valence-corrected chi connectivity index (χ1v) is 11.0. The Bertz CT molecular complexity index is 1040. The SMILES string of the molecule is COc1cccc(Nc2cc(C)nc(C3CN(Cc4cnc(C(C)C)nc4)CCO3)c2)c1. The summed E-state index contributed by atoms with van der Waals surface area (Å²) in [6.45, 7) is 9.35. The van der Waals surface area contributed by atoms with Gasteiger partial charge in [-0.15, -0.1) is 0 Å². The van der Waals surface area contributed by atoms with Gasteiger partial charge in [0, 0.05) is 66.6 Å². The zero-order chi connectivity index (χ0) is 22.5. The topological polar surface area (TPSA) is 72.4 Å². The third kappa shape index (κ3) is 5.60. The Morgan fingerprint density at radius 2 is 1.97 bits per heavy atom. The van der Waals surface area contributed by atoms with Crippen molar-refractivity contribution in [1.82, 2.24) is 19.9 Å². The number of methoxy groups -OCH3 is 1. The van der Waals surface area contributed by atoms with E-state index in [0.717, 1.165) is 59.5 Å². The smallest absolute Gasteiger partial charge is 0.130 e. The normalized spacial score (nSPS) is 16.8. The third-order valence-corrected chi connectivity index (χ3v) is 5.46. The molecule has 32 heavy (non-hydrogen) atoms. The van der Waals surface area contributed by atoms with Crippen molar-refractivity contribution < 1.29 is 9.47 Å². The van der Waals surface area contributed by atoms with Gasteiger partial charge in [0.1, 0.15) is 17.7 Å². The first-order valence-electron chi connectivity index (χ1n) is 11.0. The lowest BCUT2D eigenvalue weighted by atomic mass is 10.1. The minimum Gasteiger partial charge on any atom is -0.497 e. The standard InChI is InChI=1S/C25H31N5O2/c1-17(2)25-26-13-19(14-27-25)15-30-8-9-32-24(16-30)23-12-21(10-18(3)28-23)29-20-6-5-7-22(11-20)31-4/h5-7,10-14,17,24H,8-9,15-16H2,1-4H3,(H,28,29). The first kappa shape index (κ1) is 22.2. The van der Waals surface area contributed by atoms with E-state index in [9.17, 15) is 0 Å². The molecule has 3 heterocycles. The summed E-state index contributed by atoms with van der Waals surface area (Å²) in [5.41, 5.74) is 4.96. The van der Waals surface area contributed by atoms with Crippen LogP contribution in [0.3, 0.4) is 0 Å². The van der Waals surface area contributed by atoms with Crippen LogP contribution in [0.15, 0.2) is 48.8 Å². The van der Waals surface area contributed by atoms with E-state index in [2.05, 4.69) is 40.1 Å². The molecule has 1 fully saturated rings. The minimum absolute atomic E-state index is 0.0784. The number of aryl methyl sites for hydroxylation is 1. The summed E-state index contributed by atoms with van der Waals surface area (Å²) >= 11 is 0. The molecule has 7 heteroatoms. The Balaban J connectivity index is 1.45. The Labute approximate surface area is 189 Å². The summed E-state index contributed by atoms with van der Waals surface area (Å²) in [7, 11) is 1.67. The molecule has 1 aromatic carbocycles. The predicted molar refractivity (Wildman–Crippen MR) is 125 cm³/mol. The van der Waals surface area contributed by atoms with Gasteiger partial charge in [-0.3, -0.25) is 9.88 Å². The van der Waals surface area contributed by atoms with E-state index in [0.29, 0.717) is 12.5 Å². The van der Waals surface area contributed by atoms with Gasteiger partial charge in [-0.1, -0.05) is 19.9 Å². The average molecular weight is 434 g/mol. The number of hydrogen-bond donors (Lipinski definition) is 1. The molecule has 1 saturated heterocycles. The second kappa shape index (κ2) is 10.1. The second-order valence-corrected chi connectivity index (χ2v) is 8.48. The van der Waals surface area contributed by atoms with Gasteiger partial charge in [0.15, 0.2) is 0 Å². The second-order valence-electron chi connectivity index (χ2n) is 8.48. The summed E-state index contributed by atoms with van der Waals surface area (Å²) in [4.78, 5) is 16.1. The van der Waals surface area contributed by atoms with Crippen molar-refractivity contribution in [3.63, 3.8) is 0 Å². The van der Waals surface area contributed by atoms with Gasteiger partial charge in [0.25, 0.3) is 0 Å². The molecule has 7 nitrogen and oxygen atoms in total. The quantitative estimate of drug-likeness (QED) is 0.582. The number of hydrogen-bond acceptors (Lipinski definition) is 7. The molecule has 0 spiro atoms. The fourth-order valence-corrected chi connectivity index (χ4v) is 3.83. The number of pyridine rings is 1. The fraction of sp³-hybridized carbons (Fsp3) is 0.400. The summed E-state index contributed by atoms with van der Waals surface area (Å²) in [5.74, 6) is 2.04. The van der Waals surface area contributed by atoms with Gasteiger partial charge in [0.2, 0.25) is 0 Å². The van der Waals surface area contributed by atoms with Crippen molar-refractivity contribution in [3.8, 4) is 5.75 Å². The largest absolute Gasteiger partial charge is 0.497 e. The molecule has 2 aromatic heterocycles. The predicted octanol–water partition coefficient (Wildman–Crippen LogP) is 4.63. The van der Waals surface area contributed by atoms with Gasteiger partial charge >= 0.3 is 0 Å². The highest BCUT2D eigenvalue weighted by molar-refractivity contribution is 5.61. The highest BCUT2D eigenvalue weighted by Crippen LogP contribution is 2.27. The minimum atomic E-state index is -0.0784. The molecule has 4 rings (SSSR count). The molecule has 0 radical (unpaired) electrons. The maximum Gasteiger partial charge on any atom is 0.130 e. The van der Waals surface area contributed by atoms with Crippen LogP contribution in [-0.2, 0) is 11.3 Å². The van der Waals surface area contributed by atoms with Gasteiger partial charge in [-0.05, 0) is 31.2 Å². The number of nitrogens with one attached hydrogen (secondary N) is 1. The Kier molecular flexibility index (Phi) is 6.97. The fourth-order valence-electron chi connectivity index (χ4n) is 3.83. The van der Waals surface area contributed by atoms with E-state index in [-0.39, 0.29) is 6.10 Å². The number of anilines is 2. The lowest BCUT2D eigenvalue weighted by Crippen LogP contribution is -2.38. The number of aromatic nitrogens is 3. The van der Waals surface area contributed by atoms with Crippen LogP contribution in [0.4, 0.5) is 11.4 Å². The highest BCUT2D eigenvalue weighted by atomic mass is 16.5. The van der Waals surface area contributed by atoms with E-state index in [4.69, 9.17) is 14.5 Å². The molecule has 1 atom stereocenters. The Morgan fingerprint density at radius 3 is 2.72 bits per heavy atom. The van der Waals surface area contributed by atoms with Crippen LogP contribution >= 0.6 is 0 Å². The summed E-state index contributed by atoms with van der Waals surface area (Å²) < 4.78 is 11.4. The molecular weight excluding hydrogens is 402 g/mol. The summed E-state index contributed by atoms with van der Waals surface area (Å²) in [6, 6.07) is 12.0. The van der Waals surface area contributed by atoms with Crippen molar-refractivity contribution in [3.05, 3.63) is 71.6 Å². The summed E-state index contributed by atoms with van der Waals surface area (Å²) in [5, 5.41) is 3.46. The third-order valence-electron chi connectivity index (χ3n) is 5.46. The number of ether oxygens (including phenoxy) is 2. The average Bonchev–Trinajstić information content (AvgIpc) is 2.79. The molecule has 0 amide bonds. The molecular formula is C25H31N5O2. The molecule has 0 aliphatic carbocycles. The van der Waals surface area contributed by atoms with E-state index in [1.54, 1.807) is 7.11 Å². The number of benzene rings is 1. The molecule has 1 unspecified atom stereocenters. The van der Waals surface area contributed by atoms with Gasteiger partial charge in [-0.25, -0.2) is 9.97 Å². The molecule has 168 valence electrons. The Morgan fingerprint density at radius 1 is 1.16 bits per heavy atom. The van der Waals surface area contributed by atoms with Gasteiger partial charge in [0.05, 0.1) is 19.4 Å². The van der Waals surface area contributed by atoms with Crippen molar-refractivity contribution in [2.24, 2.45) is 0 Å². The molecule has 1 N–H and O–H groups in total. The lowest BCUT2D eigenvalue weighted by molar-refractivity contribution is -0.0350. The van der Waals surface area contributed by atoms with Crippen LogP contribution in [-0.4, -0.2) is 46.7 Å². The Hall–Kier alpha value is -3.03. The van der Waals surface area contributed by atoms with Crippen LogP contribution in [0.1, 0.15) is 48.6 Å². The van der Waals surface area contributed by atoms with E-state index >= 15 is 0 Å². The van der Waals surface area contributed by atoms with Crippen LogP contribution in [0.5, 0.6) is 5.75 Å². The van der Waals surface area contributed by atoms with Crippen LogP contribution in [0.2, 0.25) is 0 Å². The van der Waals surface area contributed by atoms with E-state index in [1.165, 1.54) is 0 Å². The van der Waals surface area contributed by atoms with Crippen molar-refractivity contribution in [2.75, 3.05) is 32.1 Å². The van der Waals surface area contributed by atoms with Gasteiger partial charge in [-0.2, -0.15) is 0 Å². The van der Waals surface area contributed by atoms with Crippen LogP contribution in [0.25, 0.3) is 0 Å². The van der Waals surface area contributed by atoms with Crippen LogP contribution in [0, 0.1) is 6.92 Å². The molecule has 1 aliphatic rings. The number of morpholine rings is 1. The van der Waals surface area contributed by atoms with Crippen molar-refractivity contribution in [1.29, 1.82) is 0 Å². The molecule has 0 saturated carbocycles. The molecule has 3 aromatic rings. The molecule has 1 aliphatic heterocycles. The highest BCUT2D eigenvalue weighted by Gasteiger charge is 2.24. The zero-order valence-electron chi connectivity index (χ0n) is 19.2. The zero-order valence-corrected chi connectivity index (χ0v) is 19.2. The van der Waals surface area contributed by atoms with Crippen molar-refractivity contribution in [2.45, 2.75) is 39.3 Å². The van der Waals surface area contributed by atoms with E-state index in [1.807, 2.05) is 49.6 Å². The number of nitrogens with zero attached hydrogens (tertiary/aromatic N) is 4. The van der Waals surface area contributed by atoms with Crippen molar-refractivity contribution >= 4 is 11.4 Å². The van der Waals surface area contributed by atoms with E-state index < -0.39 is 0 Å². The van der Waals surface area contributed by atoms with Crippen LogP contribution < -0.4 is 10.1 Å². The monoisotopic (exact) mass is 433 g/mol. The van der Waals surface area contributed by atoms with Gasteiger partial charge < -0.3 is 14.8 Å². The maximum absolute atomic E-state index is 6.10.